The van der Waals surface area contributed by atoms with E-state index in [-0.39, 0.29) is 31.0 Å². The minimum atomic E-state index is -0.495. The number of benzene rings is 1. The van der Waals surface area contributed by atoms with Crippen LogP contribution in [0.1, 0.15) is 33.6 Å². The summed E-state index contributed by atoms with van der Waals surface area (Å²) in [5, 5.41) is 15.4. The highest BCUT2D eigenvalue weighted by Gasteiger charge is 2.30. The first kappa shape index (κ1) is 22.6. The molecule has 3 N–H and O–H groups in total. The van der Waals surface area contributed by atoms with Gasteiger partial charge in [0.05, 0.1) is 13.2 Å². The number of ether oxygens (including phenoxy) is 1. The minimum absolute atomic E-state index is 0.0189. The number of rotatable bonds is 6. The molecule has 1 fully saturated rings. The van der Waals surface area contributed by atoms with Crippen LogP contribution in [0.4, 0.5) is 16.2 Å². The van der Waals surface area contributed by atoms with E-state index in [2.05, 4.69) is 10.6 Å². The molecular weight excluding hydrogens is 400 g/mol. The number of carbonyl (C=O) groups is 3. The maximum absolute atomic E-state index is 12.2. The molecule has 0 saturated carbocycles. The fourth-order valence-electron chi connectivity index (χ4n) is 3.48. The van der Waals surface area contributed by atoms with Gasteiger partial charge < -0.3 is 25.4 Å². The molecule has 168 valence electrons. The predicted molar refractivity (Wildman–Crippen MR) is 116 cm³/mol. The van der Waals surface area contributed by atoms with Gasteiger partial charge in [0.25, 0.3) is 11.8 Å². The molecule has 1 aromatic rings. The summed E-state index contributed by atoms with van der Waals surface area (Å²) < 4.78 is 5.43. The quantitative estimate of drug-likeness (QED) is 0.593. The van der Waals surface area contributed by atoms with E-state index in [4.69, 9.17) is 9.84 Å². The number of β-amino-alcohol motifs (C(OH)–C–C–N with tert-alkyl or cyclic N) is 1. The topological polar surface area (TPSA) is 111 Å². The molecule has 1 saturated heterocycles. The van der Waals surface area contributed by atoms with E-state index in [9.17, 15) is 14.4 Å². The molecule has 9 nitrogen and oxygen atoms in total. The number of nitrogens with zero attached hydrogens (tertiary/aromatic N) is 2. The lowest BCUT2D eigenvalue weighted by Crippen LogP contribution is -2.44. The summed E-state index contributed by atoms with van der Waals surface area (Å²) in [6.07, 6.45) is 2.61. The van der Waals surface area contributed by atoms with E-state index in [0.717, 1.165) is 23.4 Å². The summed E-state index contributed by atoms with van der Waals surface area (Å²) in [7, 11) is 0. The van der Waals surface area contributed by atoms with Crippen LogP contribution in [-0.4, -0.2) is 70.7 Å². The maximum atomic E-state index is 12.2. The zero-order valence-corrected chi connectivity index (χ0v) is 18.2. The van der Waals surface area contributed by atoms with Gasteiger partial charge in [0.15, 0.2) is 0 Å². The van der Waals surface area contributed by atoms with Crippen LogP contribution < -0.4 is 10.6 Å². The first-order valence-corrected chi connectivity index (χ1v) is 10.5. The van der Waals surface area contributed by atoms with Gasteiger partial charge in [-0.3, -0.25) is 14.5 Å². The molecule has 2 aliphatic heterocycles. The summed E-state index contributed by atoms with van der Waals surface area (Å²) in [4.78, 5) is 38.9. The van der Waals surface area contributed by atoms with Crippen molar-refractivity contribution in [2.75, 3.05) is 36.9 Å². The molecule has 0 aliphatic carbocycles. The molecule has 2 aliphatic rings. The standard InChI is InChI=1S/C22H30N4O5/c1-22(2,3)31-21(30)25-10-8-17(9-11-25)23-15-4-6-16(7-5-15)24-18-14-19(28)26(12-13-27)20(18)29/h4-7,14,17,23-24,27H,8-13H2,1-3H3. The van der Waals surface area contributed by atoms with Gasteiger partial charge in [0, 0.05) is 36.6 Å². The van der Waals surface area contributed by atoms with Crippen LogP contribution in [-0.2, 0) is 14.3 Å². The molecule has 3 amide bonds. The summed E-state index contributed by atoms with van der Waals surface area (Å²) in [5.74, 6) is -0.879. The van der Waals surface area contributed by atoms with Crippen LogP contribution in [0.2, 0.25) is 0 Å². The number of imide groups is 1. The highest BCUT2D eigenvalue weighted by atomic mass is 16.6. The number of carbonyl (C=O) groups excluding carboxylic acids is 3. The van der Waals surface area contributed by atoms with Gasteiger partial charge >= 0.3 is 6.09 Å². The number of aliphatic hydroxyl groups excluding tert-OH is 1. The van der Waals surface area contributed by atoms with Crippen molar-refractivity contribution in [3.05, 3.63) is 36.0 Å². The Morgan fingerprint density at radius 1 is 1.13 bits per heavy atom. The Labute approximate surface area is 182 Å². The number of piperidine rings is 1. The molecule has 0 spiro atoms. The number of aliphatic hydroxyl groups is 1. The summed E-state index contributed by atoms with van der Waals surface area (Å²) in [5.41, 5.74) is 1.31. The zero-order chi connectivity index (χ0) is 22.6. The lowest BCUT2D eigenvalue weighted by Gasteiger charge is -2.34. The molecule has 0 unspecified atom stereocenters. The number of anilines is 2. The van der Waals surface area contributed by atoms with Gasteiger partial charge in [-0.2, -0.15) is 0 Å². The highest BCUT2D eigenvalue weighted by molar-refractivity contribution is 6.17. The predicted octanol–water partition coefficient (Wildman–Crippen LogP) is 2.15. The third-order valence-corrected chi connectivity index (χ3v) is 5.01. The van der Waals surface area contributed by atoms with Gasteiger partial charge in [-0.05, 0) is 57.9 Å². The monoisotopic (exact) mass is 430 g/mol. The van der Waals surface area contributed by atoms with Gasteiger partial charge in [0.2, 0.25) is 0 Å². The molecular formula is C22H30N4O5. The average Bonchev–Trinajstić information content (AvgIpc) is 2.96. The lowest BCUT2D eigenvalue weighted by molar-refractivity contribution is -0.137. The second-order valence-corrected chi connectivity index (χ2v) is 8.66. The second kappa shape index (κ2) is 9.38. The Morgan fingerprint density at radius 2 is 1.74 bits per heavy atom. The van der Waals surface area contributed by atoms with Crippen molar-refractivity contribution >= 4 is 29.3 Å². The SMILES string of the molecule is CC(C)(C)OC(=O)N1CCC(Nc2ccc(NC3=CC(=O)N(CCO)C3=O)cc2)CC1. The van der Waals surface area contributed by atoms with Crippen molar-refractivity contribution in [1.82, 2.24) is 9.80 Å². The fourth-order valence-corrected chi connectivity index (χ4v) is 3.48. The van der Waals surface area contributed by atoms with Crippen LogP contribution in [0.25, 0.3) is 0 Å². The van der Waals surface area contributed by atoms with Crippen LogP contribution in [0.15, 0.2) is 36.0 Å². The van der Waals surface area contributed by atoms with Crippen LogP contribution in [0.3, 0.4) is 0 Å². The number of likely N-dealkylation sites (tertiary alicyclic amines) is 1. The van der Waals surface area contributed by atoms with Gasteiger partial charge in [-0.15, -0.1) is 0 Å². The molecule has 2 heterocycles. The number of hydrogen-bond acceptors (Lipinski definition) is 7. The molecule has 0 radical (unpaired) electrons. The minimum Gasteiger partial charge on any atom is -0.444 e. The second-order valence-electron chi connectivity index (χ2n) is 8.66. The Bertz CT molecular complexity index is 852. The lowest BCUT2D eigenvalue weighted by atomic mass is 10.0. The Hall–Kier alpha value is -3.07. The first-order chi connectivity index (χ1) is 14.7. The number of hydrogen-bond donors (Lipinski definition) is 3. The number of nitrogens with one attached hydrogen (secondary N) is 2. The first-order valence-electron chi connectivity index (χ1n) is 10.5. The van der Waals surface area contributed by atoms with Crippen molar-refractivity contribution in [3.63, 3.8) is 0 Å². The summed E-state index contributed by atoms with van der Waals surface area (Å²) in [6.45, 7) is 6.58. The van der Waals surface area contributed by atoms with Crippen molar-refractivity contribution in [3.8, 4) is 0 Å². The Kier molecular flexibility index (Phi) is 6.84. The van der Waals surface area contributed by atoms with E-state index in [1.165, 1.54) is 6.08 Å². The van der Waals surface area contributed by atoms with Crippen molar-refractivity contribution in [2.45, 2.75) is 45.3 Å². The zero-order valence-electron chi connectivity index (χ0n) is 18.2. The van der Waals surface area contributed by atoms with Crippen LogP contribution in [0.5, 0.6) is 0 Å². The third-order valence-electron chi connectivity index (χ3n) is 5.01. The van der Waals surface area contributed by atoms with Gasteiger partial charge in [0.1, 0.15) is 11.3 Å². The highest BCUT2D eigenvalue weighted by Crippen LogP contribution is 2.22. The van der Waals surface area contributed by atoms with Crippen molar-refractivity contribution in [1.29, 1.82) is 0 Å². The normalized spacial score (nSPS) is 17.6. The van der Waals surface area contributed by atoms with E-state index in [1.807, 2.05) is 45.0 Å². The van der Waals surface area contributed by atoms with E-state index < -0.39 is 17.4 Å². The van der Waals surface area contributed by atoms with Gasteiger partial charge in [-0.25, -0.2) is 4.79 Å². The van der Waals surface area contributed by atoms with Crippen molar-refractivity contribution in [2.24, 2.45) is 0 Å². The molecule has 31 heavy (non-hydrogen) atoms. The van der Waals surface area contributed by atoms with Crippen molar-refractivity contribution < 1.29 is 24.2 Å². The summed E-state index contributed by atoms with van der Waals surface area (Å²) >= 11 is 0. The largest absolute Gasteiger partial charge is 0.444 e. The van der Waals surface area contributed by atoms with E-state index in [1.54, 1.807) is 4.90 Å². The molecule has 9 heteroatoms. The summed E-state index contributed by atoms with van der Waals surface area (Å²) in [6, 6.07) is 7.70. The smallest absolute Gasteiger partial charge is 0.410 e. The molecule has 0 bridgehead atoms. The molecule has 0 aromatic heterocycles. The molecule has 1 aromatic carbocycles. The number of amides is 3. The maximum Gasteiger partial charge on any atom is 0.410 e. The van der Waals surface area contributed by atoms with Gasteiger partial charge in [-0.1, -0.05) is 0 Å². The Balaban J connectivity index is 1.49. The third kappa shape index (κ3) is 5.97. The van der Waals surface area contributed by atoms with E-state index >= 15 is 0 Å². The average molecular weight is 431 g/mol. The van der Waals surface area contributed by atoms with E-state index in [0.29, 0.717) is 18.8 Å². The molecule has 3 rings (SSSR count). The van der Waals surface area contributed by atoms with Crippen LogP contribution >= 0.6 is 0 Å². The Morgan fingerprint density at radius 3 is 2.32 bits per heavy atom. The fraction of sp³-hybridized carbons (Fsp3) is 0.500. The van der Waals surface area contributed by atoms with Crippen LogP contribution in [0, 0.1) is 0 Å². The molecule has 0 atom stereocenters.